The first kappa shape index (κ1) is 12.2. The van der Waals surface area contributed by atoms with Crippen molar-refractivity contribution in [3.05, 3.63) is 34.2 Å². The molecule has 0 aliphatic carbocycles. The number of carbonyl (C=O) groups is 1. The van der Waals surface area contributed by atoms with E-state index in [1.54, 1.807) is 22.1 Å². The SMILES string of the molecule is O=C(NCCc1cccs1)c1cc2n(n1)CCCO2. The van der Waals surface area contributed by atoms with Gasteiger partial charge in [0, 0.05) is 30.5 Å². The predicted molar refractivity (Wildman–Crippen MR) is 72.7 cm³/mol. The fourth-order valence-electron chi connectivity index (χ4n) is 2.02. The van der Waals surface area contributed by atoms with Crippen LogP contribution >= 0.6 is 11.3 Å². The molecular weight excluding hydrogens is 262 g/mol. The lowest BCUT2D eigenvalue weighted by molar-refractivity contribution is 0.0948. The molecule has 0 saturated carbocycles. The van der Waals surface area contributed by atoms with Crippen molar-refractivity contribution in [2.45, 2.75) is 19.4 Å². The fourth-order valence-corrected chi connectivity index (χ4v) is 2.73. The summed E-state index contributed by atoms with van der Waals surface area (Å²) in [5.41, 5.74) is 0.433. The van der Waals surface area contributed by atoms with Crippen LogP contribution in [-0.2, 0) is 13.0 Å². The number of aromatic nitrogens is 2. The van der Waals surface area contributed by atoms with Gasteiger partial charge in [-0.15, -0.1) is 11.3 Å². The lowest BCUT2D eigenvalue weighted by Crippen LogP contribution is -2.26. The second kappa shape index (κ2) is 5.44. The summed E-state index contributed by atoms with van der Waals surface area (Å²) < 4.78 is 7.19. The average Bonchev–Trinajstić information content (AvgIpc) is 3.07. The average molecular weight is 277 g/mol. The zero-order valence-corrected chi connectivity index (χ0v) is 11.3. The minimum Gasteiger partial charge on any atom is -0.478 e. The summed E-state index contributed by atoms with van der Waals surface area (Å²) in [6.07, 6.45) is 1.79. The number of thiophene rings is 1. The van der Waals surface area contributed by atoms with E-state index in [-0.39, 0.29) is 5.91 Å². The predicted octanol–water partition coefficient (Wildman–Crippen LogP) is 1.70. The van der Waals surface area contributed by atoms with Crippen molar-refractivity contribution >= 4 is 17.2 Å². The van der Waals surface area contributed by atoms with E-state index < -0.39 is 0 Å². The van der Waals surface area contributed by atoms with Crippen LogP contribution in [0.2, 0.25) is 0 Å². The molecule has 1 aliphatic rings. The molecule has 1 N–H and O–H groups in total. The number of rotatable bonds is 4. The summed E-state index contributed by atoms with van der Waals surface area (Å²) in [7, 11) is 0. The fraction of sp³-hybridized carbons (Fsp3) is 0.385. The third-order valence-electron chi connectivity index (χ3n) is 2.98. The molecule has 0 fully saturated rings. The van der Waals surface area contributed by atoms with Gasteiger partial charge in [0.15, 0.2) is 5.69 Å². The van der Waals surface area contributed by atoms with Gasteiger partial charge in [0.25, 0.3) is 5.91 Å². The molecule has 0 saturated heterocycles. The van der Waals surface area contributed by atoms with Crippen molar-refractivity contribution in [3.63, 3.8) is 0 Å². The molecule has 0 bridgehead atoms. The Bertz CT molecular complexity index is 539. The first-order chi connectivity index (χ1) is 9.33. The van der Waals surface area contributed by atoms with Gasteiger partial charge in [-0.2, -0.15) is 5.10 Å². The molecule has 0 aromatic carbocycles. The van der Waals surface area contributed by atoms with E-state index in [1.807, 2.05) is 11.4 Å². The van der Waals surface area contributed by atoms with Gasteiger partial charge in [-0.05, 0) is 17.9 Å². The second-order valence-electron chi connectivity index (χ2n) is 4.38. The standard InChI is InChI=1S/C13H15N3O2S/c17-13(14-5-4-10-3-1-8-19-10)11-9-12-16(15-11)6-2-7-18-12/h1,3,8-9H,2,4-7H2,(H,14,17). The van der Waals surface area contributed by atoms with Crippen LogP contribution in [0.5, 0.6) is 5.88 Å². The number of hydrogen-bond acceptors (Lipinski definition) is 4. The van der Waals surface area contributed by atoms with Crippen LogP contribution < -0.4 is 10.1 Å². The molecule has 0 radical (unpaired) electrons. The first-order valence-electron chi connectivity index (χ1n) is 6.34. The second-order valence-corrected chi connectivity index (χ2v) is 5.41. The van der Waals surface area contributed by atoms with Crippen LogP contribution in [0.25, 0.3) is 0 Å². The highest BCUT2D eigenvalue weighted by Gasteiger charge is 2.17. The Morgan fingerprint density at radius 3 is 3.32 bits per heavy atom. The Hall–Kier alpha value is -1.82. The maximum absolute atomic E-state index is 12.0. The number of aryl methyl sites for hydroxylation is 1. The van der Waals surface area contributed by atoms with E-state index in [0.29, 0.717) is 24.7 Å². The Kier molecular flexibility index (Phi) is 3.50. The Balaban J connectivity index is 1.56. The van der Waals surface area contributed by atoms with Gasteiger partial charge in [-0.25, -0.2) is 4.68 Å². The van der Waals surface area contributed by atoms with Crippen LogP contribution in [-0.4, -0.2) is 28.8 Å². The molecule has 100 valence electrons. The van der Waals surface area contributed by atoms with Gasteiger partial charge in [0.2, 0.25) is 5.88 Å². The summed E-state index contributed by atoms with van der Waals surface area (Å²) in [5, 5.41) is 9.17. The Morgan fingerprint density at radius 2 is 2.53 bits per heavy atom. The smallest absolute Gasteiger partial charge is 0.271 e. The zero-order chi connectivity index (χ0) is 13.1. The Morgan fingerprint density at radius 1 is 1.58 bits per heavy atom. The maximum Gasteiger partial charge on any atom is 0.271 e. The van der Waals surface area contributed by atoms with Crippen molar-refractivity contribution in [3.8, 4) is 5.88 Å². The highest BCUT2D eigenvalue weighted by molar-refractivity contribution is 7.09. The maximum atomic E-state index is 12.0. The Labute approximate surface area is 115 Å². The van der Waals surface area contributed by atoms with E-state index in [2.05, 4.69) is 16.5 Å². The molecule has 3 heterocycles. The highest BCUT2D eigenvalue weighted by atomic mass is 32.1. The van der Waals surface area contributed by atoms with E-state index in [1.165, 1.54) is 4.88 Å². The van der Waals surface area contributed by atoms with Gasteiger partial charge in [0.1, 0.15) is 0 Å². The summed E-state index contributed by atoms with van der Waals surface area (Å²) in [5.74, 6) is 0.553. The number of amides is 1. The van der Waals surface area contributed by atoms with E-state index >= 15 is 0 Å². The van der Waals surface area contributed by atoms with Gasteiger partial charge >= 0.3 is 0 Å². The van der Waals surface area contributed by atoms with Gasteiger partial charge < -0.3 is 10.1 Å². The lowest BCUT2D eigenvalue weighted by Gasteiger charge is -2.13. The monoisotopic (exact) mass is 277 g/mol. The molecule has 2 aromatic heterocycles. The molecule has 5 nitrogen and oxygen atoms in total. The lowest BCUT2D eigenvalue weighted by atomic mass is 10.3. The third-order valence-corrected chi connectivity index (χ3v) is 3.91. The molecule has 1 aliphatic heterocycles. The molecule has 1 amide bonds. The molecule has 3 rings (SSSR count). The molecule has 6 heteroatoms. The van der Waals surface area contributed by atoms with Gasteiger partial charge in [0.05, 0.1) is 6.61 Å². The van der Waals surface area contributed by atoms with Crippen LogP contribution in [0.4, 0.5) is 0 Å². The van der Waals surface area contributed by atoms with Crippen molar-refractivity contribution in [2.75, 3.05) is 13.2 Å². The van der Waals surface area contributed by atoms with Crippen LogP contribution in [0.15, 0.2) is 23.6 Å². The number of ether oxygens (including phenoxy) is 1. The van der Waals surface area contributed by atoms with Crippen molar-refractivity contribution in [1.29, 1.82) is 0 Å². The number of carbonyl (C=O) groups excluding carboxylic acids is 1. The molecule has 2 aromatic rings. The van der Waals surface area contributed by atoms with E-state index in [4.69, 9.17) is 4.74 Å². The molecular formula is C13H15N3O2S. The summed E-state index contributed by atoms with van der Waals surface area (Å²) >= 11 is 1.70. The van der Waals surface area contributed by atoms with E-state index in [9.17, 15) is 4.79 Å². The first-order valence-corrected chi connectivity index (χ1v) is 7.22. The van der Waals surface area contributed by atoms with E-state index in [0.717, 1.165) is 19.4 Å². The minimum atomic E-state index is -0.137. The molecule has 0 unspecified atom stereocenters. The van der Waals surface area contributed by atoms with Gasteiger partial charge in [-0.1, -0.05) is 6.07 Å². The molecule has 0 atom stereocenters. The van der Waals surface area contributed by atoms with Crippen LogP contribution in [0.3, 0.4) is 0 Å². The normalized spacial score (nSPS) is 13.7. The van der Waals surface area contributed by atoms with Gasteiger partial charge in [-0.3, -0.25) is 4.79 Å². The third kappa shape index (κ3) is 2.78. The van der Waals surface area contributed by atoms with Crippen LogP contribution in [0, 0.1) is 0 Å². The molecule has 19 heavy (non-hydrogen) atoms. The number of nitrogens with one attached hydrogen (secondary N) is 1. The summed E-state index contributed by atoms with van der Waals surface area (Å²) in [4.78, 5) is 13.2. The summed E-state index contributed by atoms with van der Waals surface area (Å²) in [6.45, 7) is 2.14. The topological polar surface area (TPSA) is 56.2 Å². The number of nitrogens with zero attached hydrogens (tertiary/aromatic N) is 2. The minimum absolute atomic E-state index is 0.137. The number of fused-ring (bicyclic) bond motifs is 1. The van der Waals surface area contributed by atoms with Crippen molar-refractivity contribution in [1.82, 2.24) is 15.1 Å². The molecule has 0 spiro atoms. The van der Waals surface area contributed by atoms with Crippen molar-refractivity contribution < 1.29 is 9.53 Å². The van der Waals surface area contributed by atoms with Crippen molar-refractivity contribution in [2.24, 2.45) is 0 Å². The highest BCUT2D eigenvalue weighted by Crippen LogP contribution is 2.18. The number of hydrogen-bond donors (Lipinski definition) is 1. The van der Waals surface area contributed by atoms with Crippen LogP contribution in [0.1, 0.15) is 21.8 Å². The summed E-state index contributed by atoms with van der Waals surface area (Å²) in [6, 6.07) is 5.79. The quantitative estimate of drug-likeness (QED) is 0.925. The largest absolute Gasteiger partial charge is 0.478 e. The zero-order valence-electron chi connectivity index (χ0n) is 10.5.